The number of hydrogen-bond donors (Lipinski definition) is 3. The summed E-state index contributed by atoms with van der Waals surface area (Å²) in [7, 11) is 0. The van der Waals surface area contributed by atoms with Gasteiger partial charge in [-0.3, -0.25) is 0 Å². The van der Waals surface area contributed by atoms with Gasteiger partial charge in [0.2, 0.25) is 4.91 Å². The van der Waals surface area contributed by atoms with Crippen molar-refractivity contribution in [1.29, 1.82) is 11.1 Å². The molecule has 1 aliphatic carbocycles. The molecule has 0 aromatic heterocycles. The average molecular weight is 200 g/mol. The zero-order valence-corrected chi connectivity index (χ0v) is 9.33. The van der Waals surface area contributed by atoms with E-state index >= 15 is 0 Å². The number of aliphatic hydroxyl groups excluding tert-OH is 1. The summed E-state index contributed by atoms with van der Waals surface area (Å²) in [6, 6.07) is 0. The predicted octanol–water partition coefficient (Wildman–Crippen LogP) is 2.56. The molecule has 0 amide bonds. The lowest BCUT2D eigenvalue weighted by Gasteiger charge is -2.33. The lowest BCUT2D eigenvalue weighted by atomic mass is 9.75. The molecule has 3 unspecified atom stereocenters. The minimum absolute atomic E-state index is 0.0289. The lowest BCUT2D eigenvalue weighted by molar-refractivity contribution is 0.0266. The summed E-state index contributed by atoms with van der Waals surface area (Å²) < 4.78 is 0. The molecular weight excluding hydrogens is 178 g/mol. The van der Waals surface area contributed by atoms with E-state index in [2.05, 4.69) is 20.8 Å². The second kappa shape index (κ2) is 6.68. The maximum atomic E-state index is 9.71. The highest BCUT2D eigenvalue weighted by Gasteiger charge is 2.28. The van der Waals surface area contributed by atoms with E-state index < -0.39 is 0 Å². The molecular formula is C10H22N3O+. The predicted molar refractivity (Wildman–Crippen MR) is 54.9 cm³/mol. The topological polar surface area (TPSA) is 82.0 Å². The van der Waals surface area contributed by atoms with Crippen LogP contribution in [0, 0.1) is 28.8 Å². The summed E-state index contributed by atoms with van der Waals surface area (Å²) in [5.41, 5.74) is 11.0. The lowest BCUT2D eigenvalue weighted by Crippen LogP contribution is -2.31. The zero-order valence-electron chi connectivity index (χ0n) is 9.33. The molecule has 1 rings (SSSR count). The fourth-order valence-electron chi connectivity index (χ4n) is 2.15. The second-order valence-corrected chi connectivity index (χ2v) is 4.51. The van der Waals surface area contributed by atoms with Crippen LogP contribution >= 0.6 is 0 Å². The van der Waals surface area contributed by atoms with Crippen molar-refractivity contribution in [3.05, 3.63) is 0 Å². The maximum absolute atomic E-state index is 9.71. The van der Waals surface area contributed by atoms with Crippen LogP contribution in [0.2, 0.25) is 0 Å². The minimum Gasteiger partial charge on any atom is -0.393 e. The molecule has 82 valence electrons. The van der Waals surface area contributed by atoms with Gasteiger partial charge in [0.1, 0.15) is 11.1 Å². The van der Waals surface area contributed by atoms with Crippen molar-refractivity contribution in [1.82, 2.24) is 4.91 Å². The van der Waals surface area contributed by atoms with E-state index in [4.69, 9.17) is 11.1 Å². The zero-order chi connectivity index (χ0) is 11.1. The van der Waals surface area contributed by atoms with E-state index in [9.17, 15) is 5.11 Å². The molecule has 4 heteroatoms. The average Bonchev–Trinajstić information content (AvgIpc) is 2.04. The summed E-state index contributed by atoms with van der Waals surface area (Å²) in [5, 5.41) is 9.71. The third-order valence-electron chi connectivity index (χ3n) is 2.99. The first kappa shape index (κ1) is 13.3. The maximum Gasteiger partial charge on any atom is 0.211 e. The van der Waals surface area contributed by atoms with Crippen LogP contribution in [0.1, 0.15) is 40.0 Å². The van der Waals surface area contributed by atoms with Crippen LogP contribution < -0.4 is 4.91 Å². The van der Waals surface area contributed by atoms with Crippen molar-refractivity contribution in [2.75, 3.05) is 0 Å². The van der Waals surface area contributed by atoms with Crippen molar-refractivity contribution in [3.8, 4) is 0 Å². The quantitative estimate of drug-likeness (QED) is 0.441. The van der Waals surface area contributed by atoms with Crippen molar-refractivity contribution < 1.29 is 5.11 Å². The molecule has 0 aliphatic heterocycles. The van der Waals surface area contributed by atoms with Gasteiger partial charge in [0.05, 0.1) is 6.10 Å². The second-order valence-electron chi connectivity index (χ2n) is 4.51. The number of nitrogens with zero attached hydrogens (tertiary/aromatic N) is 1. The van der Waals surface area contributed by atoms with Crippen LogP contribution in [0.25, 0.3) is 0 Å². The summed E-state index contributed by atoms with van der Waals surface area (Å²) in [6.07, 6.45) is 3.52. The molecule has 3 N–H and O–H groups in total. The van der Waals surface area contributed by atoms with Gasteiger partial charge in [0.25, 0.3) is 0 Å². The first-order valence-corrected chi connectivity index (χ1v) is 5.24. The van der Waals surface area contributed by atoms with Gasteiger partial charge in [0, 0.05) is 0 Å². The number of rotatable bonds is 1. The Morgan fingerprint density at radius 3 is 2.14 bits per heavy atom. The standard InChI is InChI=1S/C10H20O.H2N3/c1-7(2)9-5-4-8(3)6-10(9)11;1-3-2/h7-11H,4-6H2,1-3H3;1-2H/q;+1. The Balaban J connectivity index is 0.000000500. The number of aliphatic hydroxyl groups is 1. The van der Waals surface area contributed by atoms with Crippen LogP contribution in [0.4, 0.5) is 0 Å². The van der Waals surface area contributed by atoms with Gasteiger partial charge in [-0.1, -0.05) is 27.2 Å². The largest absolute Gasteiger partial charge is 0.393 e. The Bertz CT molecular complexity index is 188. The summed E-state index contributed by atoms with van der Waals surface area (Å²) in [5.74, 6) is 1.95. The molecule has 0 saturated heterocycles. The summed E-state index contributed by atoms with van der Waals surface area (Å²) in [6.45, 7) is 6.66. The molecule has 1 aliphatic rings. The van der Waals surface area contributed by atoms with Crippen LogP contribution in [0.3, 0.4) is 0 Å². The summed E-state index contributed by atoms with van der Waals surface area (Å²) >= 11 is 0. The normalized spacial score (nSPS) is 31.6. The highest BCUT2D eigenvalue weighted by atomic mass is 16.3. The van der Waals surface area contributed by atoms with Crippen molar-refractivity contribution >= 4 is 0 Å². The fraction of sp³-hybridized carbons (Fsp3) is 1.00. The third-order valence-corrected chi connectivity index (χ3v) is 2.99. The van der Waals surface area contributed by atoms with E-state index in [0.29, 0.717) is 11.8 Å². The molecule has 4 nitrogen and oxygen atoms in total. The van der Waals surface area contributed by atoms with E-state index in [1.165, 1.54) is 12.8 Å². The van der Waals surface area contributed by atoms with E-state index in [1.54, 1.807) is 0 Å². The molecule has 0 aromatic rings. The molecule has 0 bridgehead atoms. The van der Waals surface area contributed by atoms with Crippen LogP contribution in [-0.2, 0) is 0 Å². The van der Waals surface area contributed by atoms with Crippen molar-refractivity contribution in [2.24, 2.45) is 17.8 Å². The number of hydrogen-bond acceptors (Lipinski definition) is 3. The van der Waals surface area contributed by atoms with Gasteiger partial charge >= 0.3 is 0 Å². The van der Waals surface area contributed by atoms with Gasteiger partial charge in [-0.05, 0) is 30.6 Å². The van der Waals surface area contributed by atoms with E-state index in [1.807, 2.05) is 4.91 Å². The van der Waals surface area contributed by atoms with Crippen LogP contribution in [0.5, 0.6) is 0 Å². The molecule has 14 heavy (non-hydrogen) atoms. The monoisotopic (exact) mass is 200 g/mol. The molecule has 0 aromatic carbocycles. The van der Waals surface area contributed by atoms with E-state index in [-0.39, 0.29) is 6.10 Å². The van der Waals surface area contributed by atoms with Crippen LogP contribution in [-0.4, -0.2) is 11.2 Å². The molecule has 1 fully saturated rings. The van der Waals surface area contributed by atoms with Gasteiger partial charge in [0.15, 0.2) is 0 Å². The molecule has 0 radical (unpaired) electrons. The Labute approximate surface area is 85.7 Å². The first-order chi connectivity index (χ1) is 6.52. The number of nitrogens with one attached hydrogen (secondary N) is 2. The van der Waals surface area contributed by atoms with Gasteiger partial charge < -0.3 is 5.11 Å². The molecule has 1 saturated carbocycles. The Morgan fingerprint density at radius 2 is 1.79 bits per heavy atom. The van der Waals surface area contributed by atoms with Gasteiger partial charge in [-0.2, -0.15) is 0 Å². The first-order valence-electron chi connectivity index (χ1n) is 5.24. The van der Waals surface area contributed by atoms with Crippen molar-refractivity contribution in [3.63, 3.8) is 0 Å². The molecule has 0 spiro atoms. The summed E-state index contributed by atoms with van der Waals surface area (Å²) in [4.78, 5) is 2.00. The van der Waals surface area contributed by atoms with Gasteiger partial charge in [-0.15, -0.1) is 0 Å². The fourth-order valence-corrected chi connectivity index (χ4v) is 2.15. The highest BCUT2D eigenvalue weighted by Crippen LogP contribution is 2.33. The highest BCUT2D eigenvalue weighted by molar-refractivity contribution is 4.79. The third kappa shape index (κ3) is 4.49. The Morgan fingerprint density at radius 1 is 1.29 bits per heavy atom. The van der Waals surface area contributed by atoms with Crippen molar-refractivity contribution in [2.45, 2.75) is 46.1 Å². The Kier molecular flexibility index (Phi) is 6.34. The SMILES string of the molecule is CC1CCC(C(C)C)C(O)C1.N=[N+]=N. The Hall–Kier alpha value is -0.730. The van der Waals surface area contributed by atoms with Crippen LogP contribution in [0.15, 0.2) is 0 Å². The van der Waals surface area contributed by atoms with E-state index in [0.717, 1.165) is 12.3 Å². The molecule has 3 atom stereocenters. The van der Waals surface area contributed by atoms with Gasteiger partial charge in [-0.25, -0.2) is 0 Å². The molecule has 0 heterocycles. The smallest absolute Gasteiger partial charge is 0.211 e. The minimum atomic E-state index is -0.0289.